The van der Waals surface area contributed by atoms with Crippen LogP contribution in [0.2, 0.25) is 0 Å². The molecule has 1 saturated heterocycles. The highest BCUT2D eigenvalue weighted by Crippen LogP contribution is 2.29. The summed E-state index contributed by atoms with van der Waals surface area (Å²) >= 11 is 0. The van der Waals surface area contributed by atoms with Crippen LogP contribution in [-0.2, 0) is 15.1 Å². The number of esters is 1. The lowest BCUT2D eigenvalue weighted by molar-refractivity contribution is -0.132. The largest absolute Gasteiger partial charge is 0.491 e. The van der Waals surface area contributed by atoms with Crippen LogP contribution in [0.3, 0.4) is 0 Å². The molecular formula is C19H20N2O7. The number of carbonyl (C=O) groups is 3. The first-order chi connectivity index (χ1) is 13.3. The SMILES string of the molecule is COC(=O)c1ccc(OCC(O)CN2C(=O)NC(C)(c3ccco3)C2=O)cc1. The van der Waals surface area contributed by atoms with Gasteiger partial charge < -0.3 is 24.3 Å². The van der Waals surface area contributed by atoms with E-state index in [4.69, 9.17) is 9.15 Å². The summed E-state index contributed by atoms with van der Waals surface area (Å²) < 4.78 is 15.3. The zero-order chi connectivity index (χ0) is 20.3. The van der Waals surface area contributed by atoms with Gasteiger partial charge in [-0.1, -0.05) is 0 Å². The number of ether oxygens (including phenoxy) is 2. The highest BCUT2D eigenvalue weighted by molar-refractivity contribution is 6.06. The average molecular weight is 388 g/mol. The van der Waals surface area contributed by atoms with E-state index in [0.29, 0.717) is 17.1 Å². The number of aliphatic hydroxyl groups excluding tert-OH is 1. The predicted molar refractivity (Wildman–Crippen MR) is 95.6 cm³/mol. The quantitative estimate of drug-likeness (QED) is 0.542. The molecule has 3 rings (SSSR count). The molecule has 28 heavy (non-hydrogen) atoms. The van der Waals surface area contributed by atoms with Gasteiger partial charge in [0.25, 0.3) is 5.91 Å². The van der Waals surface area contributed by atoms with Gasteiger partial charge in [-0.05, 0) is 43.3 Å². The van der Waals surface area contributed by atoms with Crippen molar-refractivity contribution in [1.82, 2.24) is 10.2 Å². The normalized spacial score (nSPS) is 20.0. The van der Waals surface area contributed by atoms with Gasteiger partial charge in [0.15, 0.2) is 5.54 Å². The highest BCUT2D eigenvalue weighted by Gasteiger charge is 2.51. The molecule has 1 aromatic heterocycles. The molecule has 9 heteroatoms. The maximum Gasteiger partial charge on any atom is 0.337 e. The Morgan fingerprint density at radius 3 is 2.61 bits per heavy atom. The average Bonchev–Trinajstić information content (AvgIpc) is 3.31. The Morgan fingerprint density at radius 1 is 1.29 bits per heavy atom. The Balaban J connectivity index is 1.57. The van der Waals surface area contributed by atoms with Crippen molar-refractivity contribution in [2.75, 3.05) is 20.3 Å². The maximum atomic E-state index is 12.7. The minimum absolute atomic E-state index is 0.147. The molecule has 0 spiro atoms. The Labute approximate surface area is 160 Å². The fourth-order valence-electron chi connectivity index (χ4n) is 2.85. The van der Waals surface area contributed by atoms with Crippen LogP contribution in [0, 0.1) is 0 Å². The second-order valence-electron chi connectivity index (χ2n) is 6.43. The number of amides is 3. The van der Waals surface area contributed by atoms with Gasteiger partial charge in [0.2, 0.25) is 0 Å². The highest BCUT2D eigenvalue weighted by atomic mass is 16.5. The third kappa shape index (κ3) is 3.70. The number of imide groups is 1. The summed E-state index contributed by atoms with van der Waals surface area (Å²) in [6.07, 6.45) is 0.311. The summed E-state index contributed by atoms with van der Waals surface area (Å²) in [6, 6.07) is 8.77. The summed E-state index contributed by atoms with van der Waals surface area (Å²) in [6.45, 7) is 1.16. The topological polar surface area (TPSA) is 118 Å². The molecule has 2 atom stereocenters. The van der Waals surface area contributed by atoms with Crippen LogP contribution >= 0.6 is 0 Å². The van der Waals surface area contributed by atoms with E-state index in [-0.39, 0.29) is 13.2 Å². The lowest BCUT2D eigenvalue weighted by Gasteiger charge is -2.20. The Kier molecular flexibility index (Phi) is 5.36. The van der Waals surface area contributed by atoms with Gasteiger partial charge in [-0.25, -0.2) is 9.59 Å². The van der Waals surface area contributed by atoms with Crippen LogP contribution < -0.4 is 10.1 Å². The van der Waals surface area contributed by atoms with E-state index >= 15 is 0 Å². The molecule has 0 aliphatic carbocycles. The molecule has 2 unspecified atom stereocenters. The molecule has 2 N–H and O–H groups in total. The van der Waals surface area contributed by atoms with E-state index in [1.807, 2.05) is 0 Å². The number of hydrogen-bond acceptors (Lipinski definition) is 7. The minimum atomic E-state index is -1.31. The first-order valence-electron chi connectivity index (χ1n) is 8.52. The summed E-state index contributed by atoms with van der Waals surface area (Å²) in [5.74, 6) is -0.257. The third-order valence-electron chi connectivity index (χ3n) is 4.40. The van der Waals surface area contributed by atoms with Crippen molar-refractivity contribution in [3.05, 3.63) is 54.0 Å². The van der Waals surface area contributed by atoms with E-state index in [1.165, 1.54) is 32.4 Å². The smallest absolute Gasteiger partial charge is 0.337 e. The van der Waals surface area contributed by atoms with Crippen molar-refractivity contribution in [2.45, 2.75) is 18.6 Å². The van der Waals surface area contributed by atoms with E-state index in [0.717, 1.165) is 4.90 Å². The van der Waals surface area contributed by atoms with Crippen molar-refractivity contribution >= 4 is 17.9 Å². The molecule has 1 fully saturated rings. The number of furan rings is 1. The second-order valence-corrected chi connectivity index (χ2v) is 6.43. The van der Waals surface area contributed by atoms with Crippen LogP contribution in [-0.4, -0.2) is 54.3 Å². The summed E-state index contributed by atoms with van der Waals surface area (Å²) in [7, 11) is 1.29. The van der Waals surface area contributed by atoms with E-state index in [2.05, 4.69) is 10.1 Å². The Bertz CT molecular complexity index is 863. The summed E-state index contributed by atoms with van der Waals surface area (Å²) in [5, 5.41) is 12.8. The van der Waals surface area contributed by atoms with Crippen molar-refractivity contribution in [3.8, 4) is 5.75 Å². The number of rotatable bonds is 7. The number of carbonyl (C=O) groups excluding carboxylic acids is 3. The standard InChI is InChI=1S/C19H20N2O7/c1-19(15-4-3-9-27-15)17(24)21(18(25)20-19)10-13(22)11-28-14-7-5-12(6-8-14)16(23)26-2/h3-9,13,22H,10-11H2,1-2H3,(H,20,25). The minimum Gasteiger partial charge on any atom is -0.491 e. The van der Waals surface area contributed by atoms with Crippen molar-refractivity contribution in [2.24, 2.45) is 0 Å². The summed E-state index contributed by atoms with van der Waals surface area (Å²) in [4.78, 5) is 37.2. The van der Waals surface area contributed by atoms with Crippen LogP contribution in [0.15, 0.2) is 47.1 Å². The maximum absolute atomic E-state index is 12.7. The first kappa shape index (κ1) is 19.4. The van der Waals surface area contributed by atoms with Gasteiger partial charge in [-0.15, -0.1) is 0 Å². The Hall–Kier alpha value is -3.33. The lowest BCUT2D eigenvalue weighted by atomic mass is 9.99. The van der Waals surface area contributed by atoms with Crippen molar-refractivity contribution < 1.29 is 33.4 Å². The first-order valence-corrected chi connectivity index (χ1v) is 8.52. The third-order valence-corrected chi connectivity index (χ3v) is 4.40. The molecule has 3 amide bonds. The number of β-amino-alcohol motifs (C(OH)–C–C–N with tert-alkyl or cyclic N) is 1. The molecular weight excluding hydrogens is 368 g/mol. The monoisotopic (exact) mass is 388 g/mol. The molecule has 0 radical (unpaired) electrons. The van der Waals surface area contributed by atoms with E-state index in [9.17, 15) is 19.5 Å². The number of aliphatic hydroxyl groups is 1. The molecule has 2 heterocycles. The molecule has 1 aliphatic heterocycles. The van der Waals surface area contributed by atoms with Gasteiger partial charge >= 0.3 is 12.0 Å². The van der Waals surface area contributed by atoms with E-state index in [1.54, 1.807) is 24.3 Å². The van der Waals surface area contributed by atoms with E-state index < -0.39 is 29.6 Å². The molecule has 148 valence electrons. The Morgan fingerprint density at radius 2 is 2.00 bits per heavy atom. The van der Waals surface area contributed by atoms with Crippen molar-refractivity contribution in [3.63, 3.8) is 0 Å². The number of nitrogens with zero attached hydrogens (tertiary/aromatic N) is 1. The predicted octanol–water partition coefficient (Wildman–Crippen LogP) is 1.27. The van der Waals surface area contributed by atoms with Gasteiger partial charge in [-0.3, -0.25) is 9.69 Å². The molecule has 1 aliphatic rings. The molecule has 9 nitrogen and oxygen atoms in total. The van der Waals surface area contributed by atoms with Gasteiger partial charge in [0, 0.05) is 0 Å². The zero-order valence-corrected chi connectivity index (χ0v) is 15.4. The number of benzene rings is 1. The van der Waals surface area contributed by atoms with Crippen LogP contribution in [0.1, 0.15) is 23.0 Å². The lowest BCUT2D eigenvalue weighted by Crippen LogP contribution is -2.42. The number of methoxy groups -OCH3 is 1. The number of hydrogen-bond donors (Lipinski definition) is 2. The van der Waals surface area contributed by atoms with Gasteiger partial charge in [-0.2, -0.15) is 0 Å². The van der Waals surface area contributed by atoms with Crippen LogP contribution in [0.5, 0.6) is 5.75 Å². The second kappa shape index (κ2) is 7.73. The van der Waals surface area contributed by atoms with Gasteiger partial charge in [0.05, 0.1) is 25.5 Å². The zero-order valence-electron chi connectivity index (χ0n) is 15.4. The number of nitrogens with one attached hydrogen (secondary N) is 1. The van der Waals surface area contributed by atoms with Gasteiger partial charge in [0.1, 0.15) is 24.2 Å². The molecule has 2 aromatic rings. The van der Waals surface area contributed by atoms with Crippen LogP contribution in [0.25, 0.3) is 0 Å². The van der Waals surface area contributed by atoms with Crippen molar-refractivity contribution in [1.29, 1.82) is 0 Å². The fourth-order valence-corrected chi connectivity index (χ4v) is 2.85. The fraction of sp³-hybridized carbons (Fsp3) is 0.316. The molecule has 1 aromatic carbocycles. The number of urea groups is 1. The summed E-state index contributed by atoms with van der Waals surface area (Å²) in [5.41, 5.74) is -0.947. The molecule has 0 saturated carbocycles. The molecule has 0 bridgehead atoms. The van der Waals surface area contributed by atoms with Crippen LogP contribution in [0.4, 0.5) is 4.79 Å².